The fourth-order valence-electron chi connectivity index (χ4n) is 3.73. The number of thiophene rings is 1. The molecule has 1 amide bonds. The topological polar surface area (TPSA) is 71.3 Å². The highest BCUT2D eigenvalue weighted by Crippen LogP contribution is 2.29. The van der Waals surface area contributed by atoms with Gasteiger partial charge in [-0.05, 0) is 31.5 Å². The van der Waals surface area contributed by atoms with Crippen LogP contribution in [-0.2, 0) is 17.5 Å². The quantitative estimate of drug-likeness (QED) is 0.592. The van der Waals surface area contributed by atoms with Crippen LogP contribution in [0.2, 0.25) is 0 Å². The summed E-state index contributed by atoms with van der Waals surface area (Å²) in [5.41, 5.74) is 0.00445. The van der Waals surface area contributed by atoms with Gasteiger partial charge < -0.3 is 9.80 Å². The normalized spacial score (nSPS) is 14.9. The van der Waals surface area contributed by atoms with E-state index in [4.69, 9.17) is 0 Å². The highest BCUT2D eigenvalue weighted by Gasteiger charge is 2.31. The lowest BCUT2D eigenvalue weighted by molar-refractivity contribution is -0.138. The Hall–Kier alpha value is -2.95. The lowest BCUT2D eigenvalue weighted by Gasteiger charge is -2.35. The number of amides is 1. The molecule has 4 heterocycles. The second kappa shape index (κ2) is 8.53. The fraction of sp³-hybridized carbons (Fsp3) is 0.429. The number of aromatic nitrogens is 3. The molecule has 3 aromatic heterocycles. The predicted octanol–water partition coefficient (Wildman–Crippen LogP) is 3.23. The van der Waals surface area contributed by atoms with Crippen LogP contribution in [0.4, 0.5) is 19.0 Å². The monoisotopic (exact) mass is 465 g/mol. The first kappa shape index (κ1) is 22.3. The number of fused-ring (bicyclic) bond motifs is 1. The molecule has 11 heteroatoms. The van der Waals surface area contributed by atoms with Crippen molar-refractivity contribution >= 4 is 33.3 Å². The van der Waals surface area contributed by atoms with Gasteiger partial charge in [0.15, 0.2) is 0 Å². The molecule has 0 aromatic carbocycles. The number of carbonyl (C=O) groups excluding carboxylic acids is 1. The number of carbonyl (C=O) groups is 1. The summed E-state index contributed by atoms with van der Waals surface area (Å²) in [6.07, 6.45) is -1.93. The molecule has 0 radical (unpaired) electrons. The van der Waals surface area contributed by atoms with Gasteiger partial charge in [0, 0.05) is 50.2 Å². The van der Waals surface area contributed by atoms with E-state index in [0.717, 1.165) is 22.7 Å². The number of pyridine rings is 1. The van der Waals surface area contributed by atoms with E-state index < -0.39 is 11.7 Å². The van der Waals surface area contributed by atoms with E-state index in [1.807, 2.05) is 18.7 Å². The van der Waals surface area contributed by atoms with Crippen molar-refractivity contribution in [3.8, 4) is 0 Å². The Morgan fingerprint density at radius 3 is 2.47 bits per heavy atom. The summed E-state index contributed by atoms with van der Waals surface area (Å²) in [6.45, 7) is 5.94. The molecule has 1 saturated heterocycles. The zero-order valence-electron chi connectivity index (χ0n) is 17.6. The standard InChI is InChI=1S/C21H22F3N5O2S/c1-13-14(2)32-19-18(13)20(31)29(12-26-19)6-5-17(30)28-9-7-27(8-10-28)16-4-3-15(11-25-16)21(22,23)24/h3-4,11-12H,5-10H2,1-2H3. The Labute approximate surface area is 186 Å². The summed E-state index contributed by atoms with van der Waals surface area (Å²) in [5, 5.41) is 0.611. The average Bonchev–Trinajstić information content (AvgIpc) is 3.07. The summed E-state index contributed by atoms with van der Waals surface area (Å²) < 4.78 is 39.6. The summed E-state index contributed by atoms with van der Waals surface area (Å²) in [4.78, 5) is 39.0. The molecule has 0 atom stereocenters. The van der Waals surface area contributed by atoms with Crippen LogP contribution in [0.3, 0.4) is 0 Å². The van der Waals surface area contributed by atoms with Crippen molar-refractivity contribution in [3.05, 3.63) is 51.0 Å². The largest absolute Gasteiger partial charge is 0.417 e. The van der Waals surface area contributed by atoms with Crippen molar-refractivity contribution in [2.24, 2.45) is 0 Å². The van der Waals surface area contributed by atoms with E-state index in [-0.39, 0.29) is 24.4 Å². The second-order valence-corrected chi connectivity index (χ2v) is 8.93. The van der Waals surface area contributed by atoms with Gasteiger partial charge >= 0.3 is 6.18 Å². The molecule has 1 fully saturated rings. The minimum absolute atomic E-state index is 0.0738. The Bertz CT molecular complexity index is 1200. The SMILES string of the molecule is Cc1sc2ncn(CCC(=O)N3CCN(c4ccc(C(F)(F)F)cn4)CC3)c(=O)c2c1C. The smallest absolute Gasteiger partial charge is 0.353 e. The first-order valence-corrected chi connectivity index (χ1v) is 11.0. The molecule has 170 valence electrons. The van der Waals surface area contributed by atoms with Crippen molar-refractivity contribution in [2.75, 3.05) is 31.1 Å². The summed E-state index contributed by atoms with van der Waals surface area (Å²) in [5.74, 6) is 0.382. The first-order chi connectivity index (χ1) is 15.1. The van der Waals surface area contributed by atoms with Crippen molar-refractivity contribution in [1.29, 1.82) is 0 Å². The van der Waals surface area contributed by atoms with Crippen molar-refractivity contribution < 1.29 is 18.0 Å². The van der Waals surface area contributed by atoms with Crippen molar-refractivity contribution in [1.82, 2.24) is 19.4 Å². The maximum absolute atomic E-state index is 12.8. The number of hydrogen-bond acceptors (Lipinski definition) is 6. The molecule has 0 unspecified atom stereocenters. The van der Waals surface area contributed by atoms with Crippen LogP contribution in [0.25, 0.3) is 10.2 Å². The molecule has 1 aliphatic rings. The van der Waals surface area contributed by atoms with Gasteiger partial charge in [-0.25, -0.2) is 9.97 Å². The van der Waals surface area contributed by atoms with E-state index in [9.17, 15) is 22.8 Å². The van der Waals surface area contributed by atoms with Crippen molar-refractivity contribution in [3.63, 3.8) is 0 Å². The molecule has 1 aliphatic heterocycles. The van der Waals surface area contributed by atoms with E-state index >= 15 is 0 Å². The number of hydrogen-bond donors (Lipinski definition) is 0. The fourth-order valence-corrected chi connectivity index (χ4v) is 4.72. The lowest BCUT2D eigenvalue weighted by Crippen LogP contribution is -2.49. The van der Waals surface area contributed by atoms with Crippen LogP contribution >= 0.6 is 11.3 Å². The number of piperazine rings is 1. The van der Waals surface area contributed by atoms with E-state index in [1.165, 1.54) is 28.3 Å². The van der Waals surface area contributed by atoms with Crippen molar-refractivity contribution in [2.45, 2.75) is 33.0 Å². The molecule has 0 bridgehead atoms. The van der Waals surface area contributed by atoms with Gasteiger partial charge in [0.25, 0.3) is 5.56 Å². The Morgan fingerprint density at radius 2 is 1.84 bits per heavy atom. The molecular weight excluding hydrogens is 443 g/mol. The third kappa shape index (κ3) is 4.34. The lowest BCUT2D eigenvalue weighted by atomic mass is 10.2. The number of alkyl halides is 3. The van der Waals surface area contributed by atoms with Crippen LogP contribution in [0.1, 0.15) is 22.4 Å². The van der Waals surface area contributed by atoms with Gasteiger partial charge in [0.2, 0.25) is 5.91 Å². The molecule has 4 rings (SSSR count). The van der Waals surface area contributed by atoms with Crippen LogP contribution in [-0.4, -0.2) is 51.5 Å². The van der Waals surface area contributed by atoms with Gasteiger partial charge in [-0.15, -0.1) is 11.3 Å². The number of halogens is 3. The summed E-state index contributed by atoms with van der Waals surface area (Å²) >= 11 is 1.48. The molecule has 0 saturated carbocycles. The summed E-state index contributed by atoms with van der Waals surface area (Å²) in [6, 6.07) is 2.36. The minimum Gasteiger partial charge on any atom is -0.353 e. The van der Waals surface area contributed by atoms with Gasteiger partial charge in [-0.1, -0.05) is 0 Å². The Morgan fingerprint density at radius 1 is 1.12 bits per heavy atom. The van der Waals surface area contributed by atoms with E-state index in [2.05, 4.69) is 9.97 Å². The highest BCUT2D eigenvalue weighted by molar-refractivity contribution is 7.18. The number of rotatable bonds is 4. The maximum atomic E-state index is 12.8. The number of nitrogens with zero attached hydrogens (tertiary/aromatic N) is 5. The molecular formula is C21H22F3N5O2S. The van der Waals surface area contributed by atoms with Gasteiger partial charge in [0.05, 0.1) is 17.3 Å². The third-order valence-electron chi connectivity index (χ3n) is 5.75. The van der Waals surface area contributed by atoms with Crippen LogP contribution in [0, 0.1) is 13.8 Å². The number of aryl methyl sites for hydroxylation is 3. The molecule has 0 N–H and O–H groups in total. The molecule has 0 aliphatic carbocycles. The van der Waals surface area contributed by atoms with Crippen LogP contribution in [0.5, 0.6) is 0 Å². The molecule has 32 heavy (non-hydrogen) atoms. The van der Waals surface area contributed by atoms with Gasteiger partial charge in [-0.3, -0.25) is 14.2 Å². The minimum atomic E-state index is -4.42. The van der Waals surface area contributed by atoms with Crippen LogP contribution in [0.15, 0.2) is 29.5 Å². The number of anilines is 1. The Balaban J connectivity index is 1.34. The zero-order valence-corrected chi connectivity index (χ0v) is 18.5. The van der Waals surface area contributed by atoms with E-state index in [0.29, 0.717) is 42.2 Å². The molecule has 3 aromatic rings. The van der Waals surface area contributed by atoms with Gasteiger partial charge in [-0.2, -0.15) is 13.2 Å². The molecule has 7 nitrogen and oxygen atoms in total. The zero-order chi connectivity index (χ0) is 23.0. The maximum Gasteiger partial charge on any atom is 0.417 e. The second-order valence-electron chi connectivity index (χ2n) is 7.73. The first-order valence-electron chi connectivity index (χ1n) is 10.2. The summed E-state index contributed by atoms with van der Waals surface area (Å²) in [7, 11) is 0. The third-order valence-corrected chi connectivity index (χ3v) is 6.87. The van der Waals surface area contributed by atoms with E-state index in [1.54, 1.807) is 4.90 Å². The Kier molecular flexibility index (Phi) is 5.93. The predicted molar refractivity (Wildman–Crippen MR) is 116 cm³/mol. The average molecular weight is 466 g/mol. The highest BCUT2D eigenvalue weighted by atomic mass is 32.1. The van der Waals surface area contributed by atoms with Gasteiger partial charge in [0.1, 0.15) is 10.6 Å². The molecule has 0 spiro atoms. The van der Waals surface area contributed by atoms with Crippen LogP contribution < -0.4 is 10.5 Å².